The van der Waals surface area contributed by atoms with E-state index in [0.717, 1.165) is 23.3 Å². The average molecular weight is 488 g/mol. The summed E-state index contributed by atoms with van der Waals surface area (Å²) >= 11 is 1.44. The van der Waals surface area contributed by atoms with Crippen LogP contribution in [-0.4, -0.2) is 65.6 Å². The average Bonchev–Trinajstić information content (AvgIpc) is 3.54. The monoisotopic (exact) mass is 487 g/mol. The normalized spacial score (nSPS) is 22.1. The molecule has 0 N–H and O–H groups in total. The second-order valence-electron chi connectivity index (χ2n) is 8.61. The summed E-state index contributed by atoms with van der Waals surface area (Å²) in [6, 6.07) is 11.2. The van der Waals surface area contributed by atoms with E-state index in [2.05, 4.69) is 4.98 Å². The Labute approximate surface area is 195 Å². The van der Waals surface area contributed by atoms with Gasteiger partial charge in [0.05, 0.1) is 29.3 Å². The summed E-state index contributed by atoms with van der Waals surface area (Å²) in [6.07, 6.45) is 3.49. The van der Waals surface area contributed by atoms with Crippen LogP contribution in [-0.2, 0) is 25.9 Å². The first-order chi connectivity index (χ1) is 15.9. The first kappa shape index (κ1) is 22.2. The Balaban J connectivity index is 1.41. The Hall–Kier alpha value is -2.56. The Morgan fingerprint density at radius 1 is 1.24 bits per heavy atom. The molecule has 4 heterocycles. The fraction of sp³-hybridized carbons (Fsp3) is 0.435. The third-order valence-corrected chi connectivity index (χ3v) is 9.12. The van der Waals surface area contributed by atoms with Crippen LogP contribution < -0.4 is 5.56 Å². The van der Waals surface area contributed by atoms with Crippen LogP contribution in [0, 0.1) is 0 Å². The zero-order chi connectivity index (χ0) is 23.0. The highest BCUT2D eigenvalue weighted by Gasteiger charge is 2.36. The smallest absolute Gasteiger partial charge is 0.262 e. The third kappa shape index (κ3) is 4.73. The number of thiophene rings is 1. The van der Waals surface area contributed by atoms with Crippen molar-refractivity contribution in [2.45, 2.75) is 38.0 Å². The Morgan fingerprint density at radius 3 is 2.76 bits per heavy atom. The molecular formula is C23H25N3O5S2. The summed E-state index contributed by atoms with van der Waals surface area (Å²) in [5.41, 5.74) is 0.732. The fourth-order valence-corrected chi connectivity index (χ4v) is 7.26. The molecule has 33 heavy (non-hydrogen) atoms. The molecule has 2 aliphatic heterocycles. The molecule has 2 fully saturated rings. The van der Waals surface area contributed by atoms with Gasteiger partial charge in [0.2, 0.25) is 5.91 Å². The van der Waals surface area contributed by atoms with Crippen LogP contribution in [0.1, 0.15) is 19.3 Å². The highest BCUT2D eigenvalue weighted by Crippen LogP contribution is 2.30. The van der Waals surface area contributed by atoms with Crippen LogP contribution >= 0.6 is 11.3 Å². The van der Waals surface area contributed by atoms with Gasteiger partial charge in [0, 0.05) is 24.1 Å². The molecule has 0 radical (unpaired) electrons. The topological polar surface area (TPSA) is 98.6 Å². The van der Waals surface area contributed by atoms with E-state index in [1.54, 1.807) is 4.90 Å². The maximum atomic E-state index is 13.3. The van der Waals surface area contributed by atoms with Crippen LogP contribution in [0.25, 0.3) is 20.7 Å². The number of nitrogens with zero attached hydrogens (tertiary/aromatic N) is 3. The number of carbonyl (C=O) groups is 1. The molecule has 8 nitrogen and oxygen atoms in total. The Bertz CT molecular complexity index is 1330. The van der Waals surface area contributed by atoms with Crippen molar-refractivity contribution in [1.29, 1.82) is 0 Å². The van der Waals surface area contributed by atoms with E-state index in [4.69, 9.17) is 4.74 Å². The minimum Gasteiger partial charge on any atom is -0.376 e. The Kier molecular flexibility index (Phi) is 6.07. The number of amides is 1. The molecule has 174 valence electrons. The third-order valence-electron chi connectivity index (χ3n) is 6.28. The highest BCUT2D eigenvalue weighted by molar-refractivity contribution is 7.91. The van der Waals surface area contributed by atoms with Gasteiger partial charge in [-0.1, -0.05) is 30.3 Å². The van der Waals surface area contributed by atoms with Gasteiger partial charge in [-0.25, -0.2) is 13.4 Å². The number of carbonyl (C=O) groups excluding carboxylic acids is 1. The lowest BCUT2D eigenvalue weighted by Crippen LogP contribution is -2.47. The fourth-order valence-electron chi connectivity index (χ4n) is 4.54. The van der Waals surface area contributed by atoms with E-state index in [1.807, 2.05) is 36.4 Å². The van der Waals surface area contributed by atoms with Crippen molar-refractivity contribution in [1.82, 2.24) is 14.5 Å². The van der Waals surface area contributed by atoms with E-state index in [9.17, 15) is 18.0 Å². The molecule has 1 amide bonds. The van der Waals surface area contributed by atoms with Gasteiger partial charge in [0.25, 0.3) is 5.56 Å². The number of fused-ring (bicyclic) bond motifs is 1. The number of ether oxygens (including phenoxy) is 1. The number of hydrogen-bond donors (Lipinski definition) is 0. The summed E-state index contributed by atoms with van der Waals surface area (Å²) < 4.78 is 31.1. The predicted molar refractivity (Wildman–Crippen MR) is 127 cm³/mol. The van der Waals surface area contributed by atoms with Crippen molar-refractivity contribution in [3.63, 3.8) is 0 Å². The first-order valence-corrected chi connectivity index (χ1v) is 13.7. The quantitative estimate of drug-likeness (QED) is 0.529. The molecule has 0 saturated carbocycles. The van der Waals surface area contributed by atoms with Crippen molar-refractivity contribution in [3.8, 4) is 10.4 Å². The van der Waals surface area contributed by atoms with Gasteiger partial charge in [-0.15, -0.1) is 11.3 Å². The van der Waals surface area contributed by atoms with E-state index in [1.165, 1.54) is 22.2 Å². The molecule has 2 aliphatic rings. The van der Waals surface area contributed by atoms with Crippen molar-refractivity contribution in [2.75, 3.05) is 24.7 Å². The second kappa shape index (κ2) is 9.00. The van der Waals surface area contributed by atoms with Crippen LogP contribution in [0.3, 0.4) is 0 Å². The summed E-state index contributed by atoms with van der Waals surface area (Å²) in [5.74, 6) is -0.241. The molecule has 0 bridgehead atoms. The van der Waals surface area contributed by atoms with Crippen molar-refractivity contribution >= 4 is 37.3 Å². The van der Waals surface area contributed by atoms with E-state index in [-0.39, 0.29) is 41.7 Å². The highest BCUT2D eigenvalue weighted by atomic mass is 32.2. The molecule has 5 rings (SSSR count). The van der Waals surface area contributed by atoms with Crippen molar-refractivity contribution < 1.29 is 17.9 Å². The number of sulfone groups is 1. The lowest BCUT2D eigenvalue weighted by molar-refractivity contribution is -0.135. The number of aromatic nitrogens is 2. The van der Waals surface area contributed by atoms with Gasteiger partial charge in [-0.3, -0.25) is 14.2 Å². The van der Waals surface area contributed by atoms with Crippen LogP contribution in [0.2, 0.25) is 0 Å². The van der Waals surface area contributed by atoms with E-state index in [0.29, 0.717) is 29.8 Å². The maximum Gasteiger partial charge on any atom is 0.262 e. The van der Waals surface area contributed by atoms with Gasteiger partial charge in [0.1, 0.15) is 11.4 Å². The molecular weight excluding hydrogens is 462 g/mol. The lowest BCUT2D eigenvalue weighted by atomic mass is 10.1. The largest absolute Gasteiger partial charge is 0.376 e. The SMILES string of the molecule is O=C(Cn1cnc2sc(-c3ccccc3)cc2c1=O)N(CC1CCCO1)C1CCS(=O)(=O)C1. The van der Waals surface area contributed by atoms with Gasteiger partial charge < -0.3 is 9.64 Å². The van der Waals surface area contributed by atoms with Gasteiger partial charge in [-0.2, -0.15) is 0 Å². The molecule has 3 aromatic rings. The number of hydrogen-bond acceptors (Lipinski definition) is 7. The maximum absolute atomic E-state index is 13.3. The molecule has 1 aromatic carbocycles. The minimum absolute atomic E-state index is 0.0391. The standard InChI is InChI=1S/C23H25N3O5S2/c27-21(26(12-18-7-4-9-31-18)17-8-10-33(29,30)14-17)13-25-15-24-22-19(23(25)28)11-20(32-22)16-5-2-1-3-6-16/h1-3,5-6,11,15,17-18H,4,7-10,12-14H2. The van der Waals surface area contributed by atoms with Crippen LogP contribution in [0.15, 0.2) is 47.5 Å². The summed E-state index contributed by atoms with van der Waals surface area (Å²) in [4.78, 5) is 34.0. The van der Waals surface area contributed by atoms with Gasteiger partial charge in [-0.05, 0) is 30.9 Å². The lowest BCUT2D eigenvalue weighted by Gasteiger charge is -2.30. The van der Waals surface area contributed by atoms with E-state index >= 15 is 0 Å². The molecule has 2 saturated heterocycles. The van der Waals surface area contributed by atoms with Gasteiger partial charge >= 0.3 is 0 Å². The first-order valence-electron chi connectivity index (χ1n) is 11.1. The zero-order valence-corrected chi connectivity index (χ0v) is 19.7. The number of benzene rings is 1. The molecule has 2 aromatic heterocycles. The zero-order valence-electron chi connectivity index (χ0n) is 18.1. The van der Waals surface area contributed by atoms with Crippen molar-refractivity contribution in [2.24, 2.45) is 0 Å². The molecule has 0 aliphatic carbocycles. The molecule has 2 atom stereocenters. The summed E-state index contributed by atoms with van der Waals surface area (Å²) in [5, 5.41) is 0.475. The van der Waals surface area contributed by atoms with Crippen LogP contribution in [0.5, 0.6) is 0 Å². The van der Waals surface area contributed by atoms with E-state index < -0.39 is 9.84 Å². The predicted octanol–water partition coefficient (Wildman–Crippen LogP) is 2.32. The van der Waals surface area contributed by atoms with Crippen LogP contribution in [0.4, 0.5) is 0 Å². The number of rotatable bonds is 6. The second-order valence-corrected chi connectivity index (χ2v) is 11.9. The van der Waals surface area contributed by atoms with Gasteiger partial charge in [0.15, 0.2) is 9.84 Å². The minimum atomic E-state index is -3.16. The summed E-state index contributed by atoms with van der Waals surface area (Å²) in [6.45, 7) is 0.819. The molecule has 2 unspecified atom stereocenters. The van der Waals surface area contributed by atoms with Crippen molar-refractivity contribution in [3.05, 3.63) is 53.1 Å². The molecule has 10 heteroatoms. The Morgan fingerprint density at radius 2 is 2.06 bits per heavy atom. The molecule has 0 spiro atoms. The summed E-state index contributed by atoms with van der Waals surface area (Å²) in [7, 11) is -3.16.